The van der Waals surface area contributed by atoms with Gasteiger partial charge in [0.25, 0.3) is 0 Å². The summed E-state index contributed by atoms with van der Waals surface area (Å²) in [5.74, 6) is 1.20. The molecule has 4 nitrogen and oxygen atoms in total. The van der Waals surface area contributed by atoms with Crippen LogP contribution in [0.5, 0.6) is 0 Å². The first-order valence-corrected chi connectivity index (χ1v) is 5.71. The summed E-state index contributed by atoms with van der Waals surface area (Å²) < 4.78 is 0. The van der Waals surface area contributed by atoms with E-state index >= 15 is 0 Å². The number of nitrogens with one attached hydrogen (secondary N) is 1. The van der Waals surface area contributed by atoms with Gasteiger partial charge in [-0.25, -0.2) is 4.98 Å². The van der Waals surface area contributed by atoms with Crippen molar-refractivity contribution in [3.05, 3.63) is 11.4 Å². The fourth-order valence-corrected chi connectivity index (χ4v) is 1.98. The van der Waals surface area contributed by atoms with E-state index in [0.717, 1.165) is 24.2 Å². The van der Waals surface area contributed by atoms with Crippen LogP contribution in [0.2, 0.25) is 0 Å². The summed E-state index contributed by atoms with van der Waals surface area (Å²) >= 11 is 5.94. The molecule has 1 N–H and O–H groups in total. The third-order valence-corrected chi connectivity index (χ3v) is 3.55. The standard InChI is InChI=1S/C10H15ClN4/c1-7-8(2)14-15-9(12-7)13-10(6-11)4-3-5-10/h3-6H2,1-2H3,(H,12,13,15). The van der Waals surface area contributed by atoms with E-state index in [1.807, 2.05) is 13.8 Å². The Hall–Kier alpha value is -0.900. The summed E-state index contributed by atoms with van der Waals surface area (Å²) in [5.41, 5.74) is 1.79. The van der Waals surface area contributed by atoms with E-state index in [0.29, 0.717) is 11.8 Å². The minimum Gasteiger partial charge on any atom is -0.346 e. The number of alkyl halides is 1. The minimum atomic E-state index is 0.00489. The highest BCUT2D eigenvalue weighted by molar-refractivity contribution is 6.18. The number of rotatable bonds is 3. The molecule has 0 unspecified atom stereocenters. The van der Waals surface area contributed by atoms with Crippen molar-refractivity contribution in [1.29, 1.82) is 0 Å². The van der Waals surface area contributed by atoms with E-state index in [4.69, 9.17) is 11.6 Å². The first-order chi connectivity index (χ1) is 7.15. The van der Waals surface area contributed by atoms with Gasteiger partial charge in [-0.2, -0.15) is 5.10 Å². The van der Waals surface area contributed by atoms with Gasteiger partial charge in [0.15, 0.2) is 0 Å². The largest absolute Gasteiger partial charge is 0.346 e. The fraction of sp³-hybridized carbons (Fsp3) is 0.700. The van der Waals surface area contributed by atoms with Crippen LogP contribution in [-0.2, 0) is 0 Å². The fourth-order valence-electron chi connectivity index (χ4n) is 1.64. The van der Waals surface area contributed by atoms with Crippen molar-refractivity contribution >= 4 is 17.5 Å². The summed E-state index contributed by atoms with van der Waals surface area (Å²) in [6.45, 7) is 3.84. The number of aryl methyl sites for hydroxylation is 2. The molecule has 0 radical (unpaired) electrons. The van der Waals surface area contributed by atoms with Crippen LogP contribution in [0.15, 0.2) is 0 Å². The topological polar surface area (TPSA) is 50.7 Å². The van der Waals surface area contributed by atoms with Gasteiger partial charge >= 0.3 is 0 Å². The molecule has 5 heteroatoms. The summed E-state index contributed by atoms with van der Waals surface area (Å²) in [7, 11) is 0. The van der Waals surface area contributed by atoms with Gasteiger partial charge in [-0.3, -0.25) is 0 Å². The Morgan fingerprint density at radius 2 is 2.00 bits per heavy atom. The van der Waals surface area contributed by atoms with E-state index in [1.165, 1.54) is 6.42 Å². The van der Waals surface area contributed by atoms with Gasteiger partial charge in [0, 0.05) is 5.88 Å². The van der Waals surface area contributed by atoms with Crippen LogP contribution in [0, 0.1) is 13.8 Å². The van der Waals surface area contributed by atoms with Crippen LogP contribution < -0.4 is 5.32 Å². The van der Waals surface area contributed by atoms with Gasteiger partial charge in [-0.05, 0) is 33.1 Å². The Morgan fingerprint density at radius 3 is 2.47 bits per heavy atom. The molecular weight excluding hydrogens is 212 g/mol. The molecule has 1 aromatic rings. The number of hydrogen-bond acceptors (Lipinski definition) is 4. The van der Waals surface area contributed by atoms with Crippen molar-refractivity contribution < 1.29 is 0 Å². The molecule has 1 aliphatic carbocycles. The normalized spacial score (nSPS) is 18.3. The van der Waals surface area contributed by atoms with Crippen LogP contribution in [0.4, 0.5) is 5.95 Å². The molecule has 0 spiro atoms. The molecule has 82 valence electrons. The van der Waals surface area contributed by atoms with Gasteiger partial charge in [0.05, 0.1) is 16.9 Å². The molecule has 2 rings (SSSR count). The molecule has 0 aromatic carbocycles. The smallest absolute Gasteiger partial charge is 0.243 e. The van der Waals surface area contributed by atoms with Crippen LogP contribution >= 0.6 is 11.6 Å². The van der Waals surface area contributed by atoms with Crippen molar-refractivity contribution in [3.8, 4) is 0 Å². The highest BCUT2D eigenvalue weighted by Crippen LogP contribution is 2.35. The van der Waals surface area contributed by atoms with Crippen molar-refractivity contribution in [1.82, 2.24) is 15.2 Å². The Bertz CT molecular complexity index is 357. The lowest BCUT2D eigenvalue weighted by atomic mass is 9.78. The second-order valence-electron chi connectivity index (χ2n) is 4.20. The lowest BCUT2D eigenvalue weighted by Gasteiger charge is -2.40. The summed E-state index contributed by atoms with van der Waals surface area (Å²) in [4.78, 5) is 4.34. The van der Waals surface area contributed by atoms with Crippen LogP contribution in [0.1, 0.15) is 30.7 Å². The van der Waals surface area contributed by atoms with E-state index < -0.39 is 0 Å². The minimum absolute atomic E-state index is 0.00489. The van der Waals surface area contributed by atoms with Crippen molar-refractivity contribution in [2.75, 3.05) is 11.2 Å². The second kappa shape index (κ2) is 3.93. The Morgan fingerprint density at radius 1 is 1.27 bits per heavy atom. The molecule has 0 atom stereocenters. The molecule has 1 aromatic heterocycles. The van der Waals surface area contributed by atoms with Crippen molar-refractivity contribution in [2.45, 2.75) is 38.6 Å². The van der Waals surface area contributed by atoms with Gasteiger partial charge in [-0.15, -0.1) is 16.7 Å². The first kappa shape index (κ1) is 10.6. The molecule has 0 bridgehead atoms. The third kappa shape index (κ3) is 2.04. The van der Waals surface area contributed by atoms with E-state index in [2.05, 4.69) is 20.5 Å². The maximum atomic E-state index is 5.94. The zero-order chi connectivity index (χ0) is 10.9. The molecule has 1 saturated carbocycles. The lowest BCUT2D eigenvalue weighted by molar-refractivity contribution is 0.309. The van der Waals surface area contributed by atoms with E-state index in [9.17, 15) is 0 Å². The zero-order valence-corrected chi connectivity index (χ0v) is 9.80. The quantitative estimate of drug-likeness (QED) is 0.802. The van der Waals surface area contributed by atoms with Gasteiger partial charge in [0.1, 0.15) is 0 Å². The Kier molecular flexibility index (Phi) is 2.78. The highest BCUT2D eigenvalue weighted by Gasteiger charge is 2.36. The van der Waals surface area contributed by atoms with Crippen molar-refractivity contribution in [3.63, 3.8) is 0 Å². The number of anilines is 1. The molecule has 0 saturated heterocycles. The van der Waals surface area contributed by atoms with Crippen LogP contribution in [-0.4, -0.2) is 26.6 Å². The van der Waals surface area contributed by atoms with Gasteiger partial charge in [-0.1, -0.05) is 0 Å². The molecule has 0 amide bonds. The first-order valence-electron chi connectivity index (χ1n) is 5.17. The van der Waals surface area contributed by atoms with E-state index in [-0.39, 0.29) is 5.54 Å². The maximum Gasteiger partial charge on any atom is 0.243 e. The second-order valence-corrected chi connectivity index (χ2v) is 4.47. The monoisotopic (exact) mass is 226 g/mol. The maximum absolute atomic E-state index is 5.94. The third-order valence-electron chi connectivity index (χ3n) is 3.04. The predicted molar refractivity (Wildman–Crippen MR) is 60.2 cm³/mol. The number of halogens is 1. The Balaban J connectivity index is 2.13. The summed E-state index contributed by atoms with van der Waals surface area (Å²) in [5, 5.41) is 11.4. The zero-order valence-electron chi connectivity index (χ0n) is 9.05. The lowest BCUT2D eigenvalue weighted by Crippen LogP contribution is -2.47. The van der Waals surface area contributed by atoms with Crippen molar-refractivity contribution in [2.24, 2.45) is 0 Å². The SMILES string of the molecule is Cc1nnc(NC2(CCl)CCC2)nc1C. The average Bonchev–Trinajstić information content (AvgIpc) is 2.17. The summed E-state index contributed by atoms with van der Waals surface area (Å²) in [6, 6.07) is 0. The van der Waals surface area contributed by atoms with E-state index in [1.54, 1.807) is 0 Å². The summed E-state index contributed by atoms with van der Waals surface area (Å²) in [6.07, 6.45) is 3.40. The van der Waals surface area contributed by atoms with Gasteiger partial charge in [0.2, 0.25) is 5.95 Å². The van der Waals surface area contributed by atoms with Crippen LogP contribution in [0.3, 0.4) is 0 Å². The molecule has 1 aliphatic rings. The number of aromatic nitrogens is 3. The molecule has 0 aliphatic heterocycles. The Labute approximate surface area is 94.5 Å². The molecule has 15 heavy (non-hydrogen) atoms. The molecule has 1 fully saturated rings. The molecule has 1 heterocycles. The number of nitrogens with zero attached hydrogens (tertiary/aromatic N) is 3. The molecular formula is C10H15ClN4. The number of hydrogen-bond donors (Lipinski definition) is 1. The highest BCUT2D eigenvalue weighted by atomic mass is 35.5. The van der Waals surface area contributed by atoms with Crippen LogP contribution in [0.25, 0.3) is 0 Å². The van der Waals surface area contributed by atoms with Gasteiger partial charge < -0.3 is 5.32 Å². The predicted octanol–water partition coefficient (Wildman–Crippen LogP) is 2.06. The average molecular weight is 227 g/mol.